The second kappa shape index (κ2) is 5.12. The van der Waals surface area contributed by atoms with Gasteiger partial charge in [0, 0.05) is 17.4 Å². The average Bonchev–Trinajstić information content (AvgIpc) is 2.40. The van der Waals surface area contributed by atoms with Gasteiger partial charge in [-0.25, -0.2) is 0 Å². The van der Waals surface area contributed by atoms with Crippen molar-refractivity contribution in [3.63, 3.8) is 0 Å². The molecule has 0 radical (unpaired) electrons. The lowest BCUT2D eigenvalue weighted by atomic mass is 9.51. The molecule has 0 amide bonds. The highest BCUT2D eigenvalue weighted by Gasteiger charge is 2.50. The normalized spacial score (nSPS) is 37.0. The third-order valence-electron chi connectivity index (χ3n) is 6.17. The van der Waals surface area contributed by atoms with Crippen molar-refractivity contribution in [3.05, 3.63) is 34.3 Å². The molecule has 4 aliphatic carbocycles. The molecule has 1 aromatic carbocycles. The Bertz CT molecular complexity index is 549. The van der Waals surface area contributed by atoms with E-state index in [1.807, 2.05) is 19.1 Å². The molecule has 112 valence electrons. The van der Waals surface area contributed by atoms with E-state index < -0.39 is 0 Å². The molecule has 0 saturated heterocycles. The summed E-state index contributed by atoms with van der Waals surface area (Å²) < 4.78 is 0. The number of carbonyl (C=O) groups is 1. The minimum atomic E-state index is 0.329. The quantitative estimate of drug-likeness (QED) is 0.781. The van der Waals surface area contributed by atoms with Crippen molar-refractivity contribution >= 4 is 17.4 Å². The van der Waals surface area contributed by atoms with Gasteiger partial charge in [-0.3, -0.25) is 4.79 Å². The van der Waals surface area contributed by atoms with Crippen molar-refractivity contribution in [2.24, 2.45) is 29.6 Å². The van der Waals surface area contributed by atoms with Crippen LogP contribution in [0.25, 0.3) is 0 Å². The molecular weight excluding hydrogens is 280 g/mol. The first-order valence-corrected chi connectivity index (χ1v) is 8.75. The van der Waals surface area contributed by atoms with Crippen molar-refractivity contribution in [1.82, 2.24) is 0 Å². The number of benzene rings is 1. The fraction of sp³-hybridized carbons (Fsp3) is 0.632. The number of hydrogen-bond donors (Lipinski definition) is 0. The zero-order valence-corrected chi connectivity index (χ0v) is 13.4. The van der Waals surface area contributed by atoms with E-state index >= 15 is 0 Å². The fourth-order valence-corrected chi connectivity index (χ4v) is 5.85. The highest BCUT2D eigenvalue weighted by molar-refractivity contribution is 6.31. The number of halogens is 1. The van der Waals surface area contributed by atoms with Crippen molar-refractivity contribution in [3.8, 4) is 0 Å². The van der Waals surface area contributed by atoms with Gasteiger partial charge in [0.25, 0.3) is 0 Å². The third kappa shape index (κ3) is 2.44. The molecule has 4 bridgehead atoms. The lowest BCUT2D eigenvalue weighted by molar-refractivity contribution is -0.135. The van der Waals surface area contributed by atoms with E-state index in [-0.39, 0.29) is 0 Å². The summed E-state index contributed by atoms with van der Waals surface area (Å²) in [6.07, 6.45) is 7.22. The van der Waals surface area contributed by atoms with Crippen LogP contribution in [-0.2, 0) is 11.2 Å². The summed E-state index contributed by atoms with van der Waals surface area (Å²) in [6.45, 7) is 2.04. The number of aryl methyl sites for hydroxylation is 1. The lowest BCUT2D eigenvalue weighted by Crippen LogP contribution is -2.48. The molecule has 0 unspecified atom stereocenters. The average molecular weight is 303 g/mol. The molecule has 0 aromatic heterocycles. The first kappa shape index (κ1) is 13.8. The van der Waals surface area contributed by atoms with Gasteiger partial charge in [0.05, 0.1) is 0 Å². The van der Waals surface area contributed by atoms with Crippen LogP contribution in [0, 0.1) is 36.5 Å². The fourth-order valence-electron chi connectivity index (χ4n) is 5.55. The molecular formula is C19H23ClO. The lowest BCUT2D eigenvalue weighted by Gasteiger charge is -2.53. The third-order valence-corrected chi connectivity index (χ3v) is 6.52. The molecule has 0 N–H and O–H groups in total. The Labute approximate surface area is 132 Å². The largest absolute Gasteiger partial charge is 0.299 e. The summed E-state index contributed by atoms with van der Waals surface area (Å²) in [5.74, 6) is 4.00. The maximum atomic E-state index is 12.9. The molecule has 0 aliphatic heterocycles. The monoisotopic (exact) mass is 302 g/mol. The van der Waals surface area contributed by atoms with Crippen LogP contribution in [0.2, 0.25) is 5.02 Å². The SMILES string of the molecule is Cc1ccc(CC(=O)C2C3CC4CC(C3)CC2C4)c(Cl)c1. The molecule has 1 nitrogen and oxygen atoms in total. The van der Waals surface area contributed by atoms with Crippen LogP contribution in [0.15, 0.2) is 18.2 Å². The van der Waals surface area contributed by atoms with Crippen LogP contribution in [0.5, 0.6) is 0 Å². The van der Waals surface area contributed by atoms with E-state index in [1.165, 1.54) is 32.1 Å². The predicted octanol–water partition coefficient (Wildman–Crippen LogP) is 4.83. The van der Waals surface area contributed by atoms with Crippen LogP contribution < -0.4 is 0 Å². The first-order chi connectivity index (χ1) is 10.1. The molecule has 1 aromatic rings. The Kier molecular flexibility index (Phi) is 3.37. The van der Waals surface area contributed by atoms with E-state index in [4.69, 9.17) is 11.6 Å². The molecule has 4 aliphatic rings. The Morgan fingerprint density at radius 1 is 1.10 bits per heavy atom. The van der Waals surface area contributed by atoms with Crippen molar-refractivity contribution in [2.45, 2.75) is 45.4 Å². The number of Topliss-reactive ketones (excluding diaryl/α,β-unsaturated/α-hetero) is 1. The van der Waals surface area contributed by atoms with Crippen molar-refractivity contribution in [2.75, 3.05) is 0 Å². The molecule has 2 heteroatoms. The minimum Gasteiger partial charge on any atom is -0.299 e. The second-order valence-corrected chi connectivity index (χ2v) is 8.10. The van der Waals surface area contributed by atoms with Crippen LogP contribution >= 0.6 is 11.6 Å². The molecule has 0 heterocycles. The number of hydrogen-bond acceptors (Lipinski definition) is 1. The molecule has 21 heavy (non-hydrogen) atoms. The zero-order valence-electron chi connectivity index (χ0n) is 12.6. The maximum Gasteiger partial charge on any atom is 0.140 e. The summed E-state index contributed by atoms with van der Waals surface area (Å²) >= 11 is 6.31. The van der Waals surface area contributed by atoms with Crippen LogP contribution in [0.4, 0.5) is 0 Å². The topological polar surface area (TPSA) is 17.1 Å². The summed E-state index contributed by atoms with van der Waals surface area (Å²) in [7, 11) is 0. The predicted molar refractivity (Wildman–Crippen MR) is 85.4 cm³/mol. The minimum absolute atomic E-state index is 0.329. The van der Waals surface area contributed by atoms with E-state index in [0.717, 1.165) is 28.0 Å². The van der Waals surface area contributed by atoms with Gasteiger partial charge in [-0.05, 0) is 79.9 Å². The van der Waals surface area contributed by atoms with Gasteiger partial charge in [0.1, 0.15) is 5.78 Å². The standard InChI is InChI=1S/C19H23ClO/c1-11-2-3-14(17(20)4-11)10-18(21)19-15-6-12-5-13(8-15)9-16(19)7-12/h2-4,12-13,15-16,19H,5-10H2,1H3. The van der Waals surface area contributed by atoms with E-state index in [0.29, 0.717) is 30.0 Å². The maximum absolute atomic E-state index is 12.9. The van der Waals surface area contributed by atoms with Gasteiger partial charge in [0.2, 0.25) is 0 Å². The first-order valence-electron chi connectivity index (χ1n) is 8.38. The highest BCUT2D eigenvalue weighted by Crippen LogP contribution is 2.56. The Morgan fingerprint density at radius 3 is 2.29 bits per heavy atom. The van der Waals surface area contributed by atoms with Gasteiger partial charge in [0.15, 0.2) is 0 Å². The van der Waals surface area contributed by atoms with Crippen molar-refractivity contribution < 1.29 is 4.79 Å². The second-order valence-electron chi connectivity index (χ2n) is 7.69. The van der Waals surface area contributed by atoms with Crippen LogP contribution in [-0.4, -0.2) is 5.78 Å². The van der Waals surface area contributed by atoms with Crippen molar-refractivity contribution in [1.29, 1.82) is 0 Å². The number of carbonyl (C=O) groups excluding carboxylic acids is 1. The Balaban J connectivity index is 1.52. The summed E-state index contributed by atoms with van der Waals surface area (Å²) in [5, 5.41) is 0.757. The number of rotatable bonds is 3. The Morgan fingerprint density at radius 2 is 1.71 bits per heavy atom. The zero-order chi connectivity index (χ0) is 14.6. The van der Waals surface area contributed by atoms with Gasteiger partial charge in [-0.1, -0.05) is 23.7 Å². The number of ketones is 1. The van der Waals surface area contributed by atoms with E-state index in [2.05, 4.69) is 6.07 Å². The van der Waals surface area contributed by atoms with Gasteiger partial charge >= 0.3 is 0 Å². The van der Waals surface area contributed by atoms with Crippen LogP contribution in [0.1, 0.15) is 43.2 Å². The van der Waals surface area contributed by atoms with Gasteiger partial charge in [-0.15, -0.1) is 0 Å². The Hall–Kier alpha value is -0.820. The molecule has 4 fully saturated rings. The highest BCUT2D eigenvalue weighted by atomic mass is 35.5. The molecule has 0 atom stereocenters. The molecule has 0 spiro atoms. The van der Waals surface area contributed by atoms with Crippen LogP contribution in [0.3, 0.4) is 0 Å². The molecule has 5 rings (SSSR count). The van der Waals surface area contributed by atoms with E-state index in [1.54, 1.807) is 0 Å². The van der Waals surface area contributed by atoms with Gasteiger partial charge < -0.3 is 0 Å². The molecule has 4 saturated carbocycles. The summed E-state index contributed by atoms with van der Waals surface area (Å²) in [6, 6.07) is 6.07. The summed E-state index contributed by atoms with van der Waals surface area (Å²) in [4.78, 5) is 12.9. The van der Waals surface area contributed by atoms with Gasteiger partial charge in [-0.2, -0.15) is 0 Å². The van der Waals surface area contributed by atoms with E-state index in [9.17, 15) is 4.79 Å². The summed E-state index contributed by atoms with van der Waals surface area (Å²) in [5.41, 5.74) is 2.17. The smallest absolute Gasteiger partial charge is 0.140 e.